The van der Waals surface area contributed by atoms with Crippen LogP contribution in [0, 0.1) is 5.92 Å². The van der Waals surface area contributed by atoms with E-state index in [-0.39, 0.29) is 18.4 Å². The number of ketones is 1. The van der Waals surface area contributed by atoms with Crippen molar-refractivity contribution in [3.05, 3.63) is 11.1 Å². The quantitative estimate of drug-likeness (QED) is 0.532. The highest BCUT2D eigenvalue weighted by Gasteiger charge is 2.20. The van der Waals surface area contributed by atoms with E-state index in [0.717, 1.165) is 12.8 Å². The maximum atomic E-state index is 11.4. The molecular formula is C13H20O3. The summed E-state index contributed by atoms with van der Waals surface area (Å²) < 4.78 is 4.67. The van der Waals surface area contributed by atoms with Crippen molar-refractivity contribution in [1.29, 1.82) is 0 Å². The van der Waals surface area contributed by atoms with E-state index in [1.54, 1.807) is 0 Å². The first-order chi connectivity index (χ1) is 7.50. The standard InChI is InChI=1S/C13H20O3/c1-9-4-5-12(10(9)2)6-7-13(15)8-16-11(3)14/h12H,4-8H2,1-3H3. The first kappa shape index (κ1) is 12.9. The van der Waals surface area contributed by atoms with Crippen LogP contribution in [0.25, 0.3) is 0 Å². The summed E-state index contributed by atoms with van der Waals surface area (Å²) >= 11 is 0. The average Bonchev–Trinajstić information content (AvgIpc) is 2.54. The summed E-state index contributed by atoms with van der Waals surface area (Å²) in [7, 11) is 0. The predicted octanol–water partition coefficient (Wildman–Crippen LogP) is 2.65. The summed E-state index contributed by atoms with van der Waals surface area (Å²) in [5.74, 6) is 0.190. The van der Waals surface area contributed by atoms with E-state index in [2.05, 4.69) is 18.6 Å². The van der Waals surface area contributed by atoms with Crippen molar-refractivity contribution < 1.29 is 14.3 Å². The van der Waals surface area contributed by atoms with Gasteiger partial charge in [-0.2, -0.15) is 0 Å². The minimum Gasteiger partial charge on any atom is -0.458 e. The normalized spacial score (nSPS) is 20.1. The molecule has 0 heterocycles. The monoisotopic (exact) mass is 224 g/mol. The summed E-state index contributed by atoms with van der Waals surface area (Å²) in [5.41, 5.74) is 2.91. The van der Waals surface area contributed by atoms with Gasteiger partial charge in [0, 0.05) is 13.3 Å². The lowest BCUT2D eigenvalue weighted by atomic mass is 9.95. The van der Waals surface area contributed by atoms with Crippen molar-refractivity contribution in [3.8, 4) is 0 Å². The summed E-state index contributed by atoms with van der Waals surface area (Å²) in [5, 5.41) is 0. The number of carbonyl (C=O) groups excluding carboxylic acids is 2. The number of esters is 1. The number of hydrogen-bond acceptors (Lipinski definition) is 3. The van der Waals surface area contributed by atoms with Crippen LogP contribution in [0.1, 0.15) is 46.5 Å². The molecule has 0 fully saturated rings. The van der Waals surface area contributed by atoms with Crippen LogP contribution >= 0.6 is 0 Å². The van der Waals surface area contributed by atoms with Crippen LogP contribution in [0.15, 0.2) is 11.1 Å². The fraction of sp³-hybridized carbons (Fsp3) is 0.692. The second-order valence-electron chi connectivity index (χ2n) is 4.56. The molecule has 0 aromatic rings. The third kappa shape index (κ3) is 3.80. The molecule has 0 aromatic heterocycles. The molecule has 0 N–H and O–H groups in total. The van der Waals surface area contributed by atoms with E-state index < -0.39 is 0 Å². The Morgan fingerprint density at radius 1 is 1.38 bits per heavy atom. The predicted molar refractivity (Wildman–Crippen MR) is 62.0 cm³/mol. The Labute approximate surface area is 96.9 Å². The second-order valence-corrected chi connectivity index (χ2v) is 4.56. The lowest BCUT2D eigenvalue weighted by molar-refractivity contribution is -0.145. The van der Waals surface area contributed by atoms with Crippen molar-refractivity contribution in [2.24, 2.45) is 5.92 Å². The van der Waals surface area contributed by atoms with Crippen LogP contribution in [0.5, 0.6) is 0 Å². The highest BCUT2D eigenvalue weighted by molar-refractivity contribution is 5.81. The number of Topliss-reactive ketones (excluding diaryl/α,β-unsaturated/α-hetero) is 1. The molecule has 1 atom stereocenters. The van der Waals surface area contributed by atoms with Crippen molar-refractivity contribution in [2.45, 2.75) is 46.5 Å². The van der Waals surface area contributed by atoms with E-state index in [0.29, 0.717) is 12.3 Å². The molecule has 0 aromatic carbocycles. The highest BCUT2D eigenvalue weighted by atomic mass is 16.5. The van der Waals surface area contributed by atoms with E-state index in [9.17, 15) is 9.59 Å². The number of ether oxygens (including phenoxy) is 1. The van der Waals surface area contributed by atoms with Gasteiger partial charge in [0.2, 0.25) is 0 Å². The lowest BCUT2D eigenvalue weighted by Crippen LogP contribution is -2.12. The molecule has 3 nitrogen and oxygen atoms in total. The fourth-order valence-electron chi connectivity index (χ4n) is 2.10. The van der Waals surface area contributed by atoms with Crippen molar-refractivity contribution in [3.63, 3.8) is 0 Å². The molecule has 1 unspecified atom stereocenters. The van der Waals surface area contributed by atoms with Crippen LogP contribution in [0.3, 0.4) is 0 Å². The van der Waals surface area contributed by atoms with Gasteiger partial charge in [0.25, 0.3) is 0 Å². The molecule has 1 aliphatic carbocycles. The molecular weight excluding hydrogens is 204 g/mol. The average molecular weight is 224 g/mol. The molecule has 0 amide bonds. The molecule has 0 bridgehead atoms. The third-order valence-corrected chi connectivity index (χ3v) is 3.36. The van der Waals surface area contributed by atoms with Crippen molar-refractivity contribution in [2.75, 3.05) is 6.61 Å². The lowest BCUT2D eigenvalue weighted by Gasteiger charge is -2.10. The van der Waals surface area contributed by atoms with Crippen LogP contribution in [0.2, 0.25) is 0 Å². The second kappa shape index (κ2) is 5.83. The zero-order chi connectivity index (χ0) is 12.1. The van der Waals surface area contributed by atoms with Gasteiger partial charge in [-0.25, -0.2) is 0 Å². The van der Waals surface area contributed by atoms with Crippen LogP contribution in [0.4, 0.5) is 0 Å². The first-order valence-electron chi connectivity index (χ1n) is 5.82. The summed E-state index contributed by atoms with van der Waals surface area (Å²) in [6, 6.07) is 0. The van der Waals surface area contributed by atoms with Gasteiger partial charge in [-0.3, -0.25) is 9.59 Å². The van der Waals surface area contributed by atoms with Gasteiger partial charge in [0.15, 0.2) is 5.78 Å². The van der Waals surface area contributed by atoms with E-state index in [1.165, 1.54) is 24.5 Å². The largest absolute Gasteiger partial charge is 0.458 e. The molecule has 90 valence electrons. The first-order valence-corrected chi connectivity index (χ1v) is 5.82. The maximum Gasteiger partial charge on any atom is 0.303 e. The molecule has 1 aliphatic rings. The summed E-state index contributed by atoms with van der Waals surface area (Å²) in [6.07, 6.45) is 3.74. The van der Waals surface area contributed by atoms with Gasteiger partial charge in [-0.15, -0.1) is 0 Å². The topological polar surface area (TPSA) is 43.4 Å². The summed E-state index contributed by atoms with van der Waals surface area (Å²) in [6.45, 7) is 5.57. The van der Waals surface area contributed by atoms with Gasteiger partial charge in [0.05, 0.1) is 0 Å². The van der Waals surface area contributed by atoms with Crippen molar-refractivity contribution in [1.82, 2.24) is 0 Å². The van der Waals surface area contributed by atoms with Crippen LogP contribution in [-0.4, -0.2) is 18.4 Å². The van der Waals surface area contributed by atoms with Gasteiger partial charge < -0.3 is 4.74 Å². The van der Waals surface area contributed by atoms with Crippen LogP contribution < -0.4 is 0 Å². The SMILES string of the molecule is CC(=O)OCC(=O)CCC1CCC(C)=C1C. The molecule has 16 heavy (non-hydrogen) atoms. The minimum absolute atomic E-state index is 0.0209. The zero-order valence-corrected chi connectivity index (χ0v) is 10.3. The zero-order valence-electron chi connectivity index (χ0n) is 10.3. The number of allylic oxidation sites excluding steroid dienone is 2. The molecule has 3 heteroatoms. The van der Waals surface area contributed by atoms with E-state index in [1.807, 2.05) is 0 Å². The van der Waals surface area contributed by atoms with Crippen LogP contribution in [-0.2, 0) is 14.3 Å². The van der Waals surface area contributed by atoms with Gasteiger partial charge >= 0.3 is 5.97 Å². The number of hydrogen-bond donors (Lipinski definition) is 0. The molecule has 0 aliphatic heterocycles. The fourth-order valence-corrected chi connectivity index (χ4v) is 2.10. The number of rotatable bonds is 5. The molecule has 1 rings (SSSR count). The van der Waals surface area contributed by atoms with Gasteiger partial charge in [-0.05, 0) is 39.0 Å². The molecule has 0 spiro atoms. The Kier molecular flexibility index (Phi) is 4.71. The Balaban J connectivity index is 2.25. The Hall–Kier alpha value is -1.12. The minimum atomic E-state index is -0.388. The summed E-state index contributed by atoms with van der Waals surface area (Å²) in [4.78, 5) is 21.9. The Morgan fingerprint density at radius 3 is 2.56 bits per heavy atom. The molecule has 0 radical (unpaired) electrons. The Bertz CT molecular complexity index is 315. The van der Waals surface area contributed by atoms with Gasteiger partial charge in [0.1, 0.15) is 6.61 Å². The number of carbonyl (C=O) groups is 2. The van der Waals surface area contributed by atoms with E-state index >= 15 is 0 Å². The Morgan fingerprint density at radius 2 is 2.06 bits per heavy atom. The highest BCUT2D eigenvalue weighted by Crippen LogP contribution is 2.34. The smallest absolute Gasteiger partial charge is 0.303 e. The van der Waals surface area contributed by atoms with Crippen molar-refractivity contribution >= 4 is 11.8 Å². The maximum absolute atomic E-state index is 11.4. The van der Waals surface area contributed by atoms with Gasteiger partial charge in [-0.1, -0.05) is 11.1 Å². The van der Waals surface area contributed by atoms with E-state index in [4.69, 9.17) is 0 Å². The molecule has 0 saturated heterocycles. The molecule has 0 saturated carbocycles. The third-order valence-electron chi connectivity index (χ3n) is 3.36.